The van der Waals surface area contributed by atoms with E-state index < -0.39 is 21.5 Å². The first-order valence-corrected chi connectivity index (χ1v) is 5.95. The molecule has 0 saturated heterocycles. The lowest BCUT2D eigenvalue weighted by molar-refractivity contribution is -0.147. The van der Waals surface area contributed by atoms with Crippen molar-refractivity contribution in [3.63, 3.8) is 0 Å². The Morgan fingerprint density at radius 2 is 1.79 bits per heavy atom. The zero-order valence-electron chi connectivity index (χ0n) is 8.36. The molecule has 0 spiro atoms. The molecule has 2 N–H and O–H groups in total. The molecule has 0 aromatic heterocycles. The third-order valence-electron chi connectivity index (χ3n) is 2.03. The highest BCUT2D eigenvalue weighted by Gasteiger charge is 2.26. The molecule has 0 unspecified atom stereocenters. The normalized spacial score (nSPS) is 12.8. The average Bonchev–Trinajstić information content (AvgIpc) is 1.96. The van der Waals surface area contributed by atoms with E-state index in [0.29, 0.717) is 12.8 Å². The maximum Gasteiger partial charge on any atom is 0.309 e. The highest BCUT2D eigenvalue weighted by atomic mass is 32.2. The Kier molecular flexibility index (Phi) is 4.54. The van der Waals surface area contributed by atoms with Crippen LogP contribution in [0.1, 0.15) is 33.1 Å². The predicted octanol–water partition coefficient (Wildman–Crippen LogP) is 1.16. The van der Waals surface area contributed by atoms with Gasteiger partial charge in [-0.05, 0) is 26.7 Å². The van der Waals surface area contributed by atoms with Gasteiger partial charge < -0.3 is 5.11 Å². The maximum atomic E-state index is 10.6. The summed E-state index contributed by atoms with van der Waals surface area (Å²) in [7, 11) is -3.91. The molecule has 0 aliphatic carbocycles. The number of hydrogen-bond acceptors (Lipinski definition) is 3. The molecule has 0 fully saturated rings. The summed E-state index contributed by atoms with van der Waals surface area (Å²) in [5.41, 5.74) is -0.834. The standard InChI is InChI=1S/C8H16O5S/c1-8(2,7(9)10)5-3-4-6-14(11,12)13/h3-6H2,1-2H3,(H,9,10)(H,11,12,13). The molecular weight excluding hydrogens is 208 g/mol. The molecule has 0 saturated carbocycles. The summed E-state index contributed by atoms with van der Waals surface area (Å²) in [6.45, 7) is 3.17. The number of carboxylic acids is 1. The summed E-state index contributed by atoms with van der Waals surface area (Å²) in [5, 5.41) is 8.73. The van der Waals surface area contributed by atoms with Crippen LogP contribution in [-0.2, 0) is 14.9 Å². The summed E-state index contributed by atoms with van der Waals surface area (Å²) < 4.78 is 29.1. The molecule has 0 heterocycles. The Hall–Kier alpha value is -0.620. The van der Waals surface area contributed by atoms with Crippen LogP contribution in [0.3, 0.4) is 0 Å². The van der Waals surface area contributed by atoms with Crippen LogP contribution in [0.2, 0.25) is 0 Å². The van der Waals surface area contributed by atoms with Crippen LogP contribution >= 0.6 is 0 Å². The lowest BCUT2D eigenvalue weighted by Crippen LogP contribution is -2.23. The zero-order valence-corrected chi connectivity index (χ0v) is 9.17. The van der Waals surface area contributed by atoms with Gasteiger partial charge in [0.1, 0.15) is 0 Å². The van der Waals surface area contributed by atoms with Gasteiger partial charge in [-0.25, -0.2) is 0 Å². The Balaban J connectivity index is 3.81. The van der Waals surface area contributed by atoms with E-state index in [4.69, 9.17) is 9.66 Å². The van der Waals surface area contributed by atoms with E-state index in [1.54, 1.807) is 13.8 Å². The number of aliphatic carboxylic acids is 1. The molecule has 0 atom stereocenters. The number of rotatable bonds is 6. The van der Waals surface area contributed by atoms with Gasteiger partial charge in [-0.3, -0.25) is 9.35 Å². The second kappa shape index (κ2) is 4.75. The minimum Gasteiger partial charge on any atom is -0.481 e. The summed E-state index contributed by atoms with van der Waals surface area (Å²) in [6, 6.07) is 0. The smallest absolute Gasteiger partial charge is 0.309 e. The van der Waals surface area contributed by atoms with Gasteiger partial charge in [0.2, 0.25) is 0 Å². The number of hydrogen-bond donors (Lipinski definition) is 2. The van der Waals surface area contributed by atoms with Gasteiger partial charge in [0, 0.05) is 0 Å². The topological polar surface area (TPSA) is 91.7 Å². The van der Waals surface area contributed by atoms with Crippen LogP contribution in [0.25, 0.3) is 0 Å². The van der Waals surface area contributed by atoms with Crippen molar-refractivity contribution in [3.05, 3.63) is 0 Å². The molecule has 14 heavy (non-hydrogen) atoms. The zero-order chi connectivity index (χ0) is 11.4. The molecule has 0 amide bonds. The van der Waals surface area contributed by atoms with Crippen LogP contribution in [0.5, 0.6) is 0 Å². The minimum atomic E-state index is -3.91. The van der Waals surface area contributed by atoms with Gasteiger partial charge in [0.15, 0.2) is 0 Å². The summed E-state index contributed by atoms with van der Waals surface area (Å²) in [4.78, 5) is 10.6. The van der Waals surface area contributed by atoms with Crippen LogP contribution < -0.4 is 0 Å². The molecule has 84 valence electrons. The fourth-order valence-corrected chi connectivity index (χ4v) is 1.53. The van der Waals surface area contributed by atoms with Crippen LogP contribution in [0, 0.1) is 5.41 Å². The Labute approximate surface area is 83.9 Å². The first-order valence-electron chi connectivity index (χ1n) is 4.34. The van der Waals surface area contributed by atoms with E-state index in [1.807, 2.05) is 0 Å². The molecular formula is C8H16O5S. The van der Waals surface area contributed by atoms with E-state index in [0.717, 1.165) is 0 Å². The third-order valence-corrected chi connectivity index (χ3v) is 2.84. The fraction of sp³-hybridized carbons (Fsp3) is 0.875. The lowest BCUT2D eigenvalue weighted by atomic mass is 9.88. The maximum absolute atomic E-state index is 10.6. The van der Waals surface area contributed by atoms with Gasteiger partial charge in [-0.15, -0.1) is 0 Å². The Morgan fingerprint density at radius 3 is 2.14 bits per heavy atom. The van der Waals surface area contributed by atoms with Crippen molar-refractivity contribution in [2.45, 2.75) is 33.1 Å². The van der Waals surface area contributed by atoms with Gasteiger partial charge in [0.25, 0.3) is 10.1 Å². The Morgan fingerprint density at radius 1 is 1.29 bits per heavy atom. The predicted molar refractivity (Wildman–Crippen MR) is 51.7 cm³/mol. The van der Waals surface area contributed by atoms with Crippen molar-refractivity contribution < 1.29 is 22.9 Å². The second-order valence-corrected chi connectivity index (χ2v) is 5.50. The van der Waals surface area contributed by atoms with E-state index in [-0.39, 0.29) is 12.2 Å². The molecule has 6 heteroatoms. The van der Waals surface area contributed by atoms with E-state index in [9.17, 15) is 13.2 Å². The van der Waals surface area contributed by atoms with Crippen LogP contribution in [0.4, 0.5) is 0 Å². The van der Waals surface area contributed by atoms with Gasteiger partial charge in [-0.1, -0.05) is 6.42 Å². The SMILES string of the molecule is CC(C)(CCCCS(=O)(=O)O)C(=O)O. The number of carboxylic acid groups (broad SMARTS) is 1. The van der Waals surface area contributed by atoms with Crippen molar-refractivity contribution in [2.24, 2.45) is 5.41 Å². The van der Waals surface area contributed by atoms with Crippen molar-refractivity contribution >= 4 is 16.1 Å². The third kappa shape index (κ3) is 5.93. The molecule has 0 rings (SSSR count). The van der Waals surface area contributed by atoms with Crippen LogP contribution in [-0.4, -0.2) is 29.8 Å². The molecule has 0 aliphatic heterocycles. The fourth-order valence-electron chi connectivity index (χ4n) is 0.958. The van der Waals surface area contributed by atoms with Crippen molar-refractivity contribution in [3.8, 4) is 0 Å². The molecule has 0 aromatic carbocycles. The monoisotopic (exact) mass is 224 g/mol. The minimum absolute atomic E-state index is 0.287. The van der Waals surface area contributed by atoms with Crippen LogP contribution in [0.15, 0.2) is 0 Å². The summed E-state index contributed by atoms with van der Waals surface area (Å²) >= 11 is 0. The average molecular weight is 224 g/mol. The largest absolute Gasteiger partial charge is 0.481 e. The van der Waals surface area contributed by atoms with E-state index in [2.05, 4.69) is 0 Å². The second-order valence-electron chi connectivity index (χ2n) is 3.93. The first-order chi connectivity index (χ1) is 6.15. The number of unbranched alkanes of at least 4 members (excludes halogenated alkanes) is 1. The quantitative estimate of drug-likeness (QED) is 0.521. The summed E-state index contributed by atoms with van der Waals surface area (Å²) in [6.07, 6.45) is 1.16. The summed E-state index contributed by atoms with van der Waals surface area (Å²) in [5.74, 6) is -1.20. The van der Waals surface area contributed by atoms with Crippen molar-refractivity contribution in [1.29, 1.82) is 0 Å². The highest BCUT2D eigenvalue weighted by molar-refractivity contribution is 7.85. The van der Waals surface area contributed by atoms with Gasteiger partial charge in [0.05, 0.1) is 11.2 Å². The molecule has 0 bridgehead atoms. The van der Waals surface area contributed by atoms with Crippen molar-refractivity contribution in [2.75, 3.05) is 5.75 Å². The van der Waals surface area contributed by atoms with Crippen molar-refractivity contribution in [1.82, 2.24) is 0 Å². The van der Waals surface area contributed by atoms with E-state index >= 15 is 0 Å². The van der Waals surface area contributed by atoms with Gasteiger partial charge >= 0.3 is 5.97 Å². The molecule has 5 nitrogen and oxygen atoms in total. The first kappa shape index (κ1) is 13.4. The van der Waals surface area contributed by atoms with E-state index in [1.165, 1.54) is 0 Å². The number of carbonyl (C=O) groups is 1. The van der Waals surface area contributed by atoms with Gasteiger partial charge in [-0.2, -0.15) is 8.42 Å². The molecule has 0 aromatic rings. The lowest BCUT2D eigenvalue weighted by Gasteiger charge is -2.18. The molecule has 0 radical (unpaired) electrons. The molecule has 0 aliphatic rings. The Bertz CT molecular complexity index is 291. The highest BCUT2D eigenvalue weighted by Crippen LogP contribution is 2.23.